The van der Waals surface area contributed by atoms with E-state index in [4.69, 9.17) is 4.74 Å². The highest BCUT2D eigenvalue weighted by Gasteiger charge is 2.32. The summed E-state index contributed by atoms with van der Waals surface area (Å²) in [6.45, 7) is 7.02. The zero-order chi connectivity index (χ0) is 20.1. The predicted molar refractivity (Wildman–Crippen MR) is 107 cm³/mol. The maximum Gasteiger partial charge on any atom is 0.424 e. The van der Waals surface area contributed by atoms with E-state index in [1.54, 1.807) is 39.0 Å². The summed E-state index contributed by atoms with van der Waals surface area (Å²) < 4.78 is 32.3. The van der Waals surface area contributed by atoms with E-state index in [1.165, 1.54) is 31.4 Å². The van der Waals surface area contributed by atoms with E-state index in [0.717, 1.165) is 22.7 Å². The van der Waals surface area contributed by atoms with Gasteiger partial charge in [-0.2, -0.15) is 4.31 Å². The SMILES string of the molecule is Cc1ccc(S(=O)(=O)N(C/C=C/C2CCCCC2)C(=O)OC(C)(C)C)cc1. The molecule has 5 nitrogen and oxygen atoms in total. The lowest BCUT2D eigenvalue weighted by atomic mass is 9.89. The number of nitrogens with zero attached hydrogens (tertiary/aromatic N) is 1. The van der Waals surface area contributed by atoms with Crippen molar-refractivity contribution in [1.29, 1.82) is 0 Å². The van der Waals surface area contributed by atoms with Gasteiger partial charge in [-0.1, -0.05) is 49.1 Å². The Balaban J connectivity index is 2.23. The second-order valence-corrected chi connectivity index (χ2v) is 10.0. The third-order valence-electron chi connectivity index (χ3n) is 4.54. The monoisotopic (exact) mass is 393 g/mol. The Morgan fingerprint density at radius 1 is 1.15 bits per heavy atom. The van der Waals surface area contributed by atoms with Crippen molar-refractivity contribution in [2.75, 3.05) is 6.54 Å². The molecule has 27 heavy (non-hydrogen) atoms. The molecule has 150 valence electrons. The van der Waals surface area contributed by atoms with Crippen LogP contribution < -0.4 is 0 Å². The molecular weight excluding hydrogens is 362 g/mol. The molecule has 0 aliphatic heterocycles. The largest absolute Gasteiger partial charge is 0.443 e. The van der Waals surface area contributed by atoms with E-state index >= 15 is 0 Å². The Kier molecular flexibility index (Phi) is 7.09. The standard InChI is InChI=1S/C21H31NO4S/c1-17-12-14-19(15-13-17)27(24,25)22(20(23)26-21(2,3)4)16-8-11-18-9-6-5-7-10-18/h8,11-15,18H,5-7,9-10,16H2,1-4H3/b11-8+. The second kappa shape index (κ2) is 8.91. The molecule has 0 aromatic heterocycles. The number of carbonyl (C=O) groups excluding carboxylic acids is 1. The van der Waals surface area contributed by atoms with Gasteiger partial charge in [0.2, 0.25) is 0 Å². The number of benzene rings is 1. The molecule has 1 aromatic rings. The van der Waals surface area contributed by atoms with Crippen LogP contribution in [0.15, 0.2) is 41.3 Å². The van der Waals surface area contributed by atoms with Gasteiger partial charge in [0.1, 0.15) is 5.60 Å². The number of sulfonamides is 1. The molecule has 1 saturated carbocycles. The van der Waals surface area contributed by atoms with Crippen LogP contribution in [0.3, 0.4) is 0 Å². The number of rotatable bonds is 5. The van der Waals surface area contributed by atoms with Gasteiger partial charge in [-0.3, -0.25) is 0 Å². The van der Waals surface area contributed by atoms with Gasteiger partial charge in [0.05, 0.1) is 11.4 Å². The van der Waals surface area contributed by atoms with Gasteiger partial charge in [-0.05, 0) is 58.6 Å². The van der Waals surface area contributed by atoms with Gasteiger partial charge in [0.15, 0.2) is 0 Å². The average molecular weight is 394 g/mol. The Hall–Kier alpha value is -1.82. The molecule has 0 bridgehead atoms. The lowest BCUT2D eigenvalue weighted by Gasteiger charge is -2.26. The van der Waals surface area contributed by atoms with Crippen LogP contribution in [0.2, 0.25) is 0 Å². The summed E-state index contributed by atoms with van der Waals surface area (Å²) in [5, 5.41) is 0. The van der Waals surface area contributed by atoms with Crippen LogP contribution in [0, 0.1) is 12.8 Å². The average Bonchev–Trinajstić information content (AvgIpc) is 2.58. The van der Waals surface area contributed by atoms with Crippen molar-refractivity contribution in [3.05, 3.63) is 42.0 Å². The van der Waals surface area contributed by atoms with Crippen LogP contribution in [-0.4, -0.2) is 31.0 Å². The van der Waals surface area contributed by atoms with Gasteiger partial charge < -0.3 is 4.74 Å². The third kappa shape index (κ3) is 6.38. The lowest BCUT2D eigenvalue weighted by molar-refractivity contribution is 0.0404. The Labute approximate surface area is 163 Å². The molecule has 1 fully saturated rings. The molecule has 1 aromatic carbocycles. The summed E-state index contributed by atoms with van der Waals surface area (Å²) in [5.74, 6) is 0.460. The summed E-state index contributed by atoms with van der Waals surface area (Å²) >= 11 is 0. The number of allylic oxidation sites excluding steroid dienone is 1. The highest BCUT2D eigenvalue weighted by Crippen LogP contribution is 2.25. The molecule has 0 unspecified atom stereocenters. The van der Waals surface area contributed by atoms with Crippen molar-refractivity contribution in [2.45, 2.75) is 70.3 Å². The fraction of sp³-hybridized carbons (Fsp3) is 0.571. The van der Waals surface area contributed by atoms with Crippen molar-refractivity contribution < 1.29 is 17.9 Å². The van der Waals surface area contributed by atoms with Crippen LogP contribution >= 0.6 is 0 Å². The fourth-order valence-corrected chi connectivity index (χ4v) is 4.35. The van der Waals surface area contributed by atoms with Crippen LogP contribution in [0.5, 0.6) is 0 Å². The zero-order valence-corrected chi connectivity index (χ0v) is 17.6. The first-order chi connectivity index (χ1) is 12.6. The van der Waals surface area contributed by atoms with Crippen molar-refractivity contribution in [2.24, 2.45) is 5.92 Å². The smallest absolute Gasteiger partial charge is 0.424 e. The van der Waals surface area contributed by atoms with E-state index < -0.39 is 21.7 Å². The Morgan fingerprint density at radius 3 is 2.30 bits per heavy atom. The highest BCUT2D eigenvalue weighted by molar-refractivity contribution is 7.89. The van der Waals surface area contributed by atoms with Crippen LogP contribution in [0.25, 0.3) is 0 Å². The highest BCUT2D eigenvalue weighted by atomic mass is 32.2. The number of hydrogen-bond acceptors (Lipinski definition) is 4. The van der Waals surface area contributed by atoms with Crippen LogP contribution in [-0.2, 0) is 14.8 Å². The van der Waals surface area contributed by atoms with E-state index in [9.17, 15) is 13.2 Å². The molecule has 0 saturated heterocycles. The Morgan fingerprint density at radius 2 is 1.74 bits per heavy atom. The quantitative estimate of drug-likeness (QED) is 0.656. The minimum Gasteiger partial charge on any atom is -0.443 e. The molecule has 6 heteroatoms. The van der Waals surface area contributed by atoms with E-state index in [-0.39, 0.29) is 11.4 Å². The molecule has 1 amide bonds. The van der Waals surface area contributed by atoms with Gasteiger partial charge in [0, 0.05) is 0 Å². The maximum absolute atomic E-state index is 13.0. The molecule has 0 atom stereocenters. The van der Waals surface area contributed by atoms with Crippen LogP contribution in [0.4, 0.5) is 4.79 Å². The van der Waals surface area contributed by atoms with Gasteiger partial charge in [-0.25, -0.2) is 13.2 Å². The normalized spacial score (nSPS) is 16.4. The molecule has 0 radical (unpaired) electrons. The van der Waals surface area contributed by atoms with Gasteiger partial charge in [-0.15, -0.1) is 0 Å². The molecule has 1 aliphatic carbocycles. The molecule has 2 rings (SSSR count). The lowest BCUT2D eigenvalue weighted by Crippen LogP contribution is -2.41. The van der Waals surface area contributed by atoms with E-state index in [1.807, 2.05) is 13.0 Å². The zero-order valence-electron chi connectivity index (χ0n) is 16.8. The van der Waals surface area contributed by atoms with E-state index in [2.05, 4.69) is 0 Å². The van der Waals surface area contributed by atoms with Gasteiger partial charge >= 0.3 is 6.09 Å². The molecule has 0 heterocycles. The molecule has 1 aliphatic rings. The first-order valence-electron chi connectivity index (χ1n) is 9.59. The molecular formula is C21H31NO4S. The molecule has 0 spiro atoms. The summed E-state index contributed by atoms with van der Waals surface area (Å²) in [5.41, 5.74) is 0.181. The van der Waals surface area contributed by atoms with Crippen molar-refractivity contribution >= 4 is 16.1 Å². The van der Waals surface area contributed by atoms with Crippen LogP contribution in [0.1, 0.15) is 58.4 Å². The number of carbonyl (C=O) groups is 1. The number of aryl methyl sites for hydroxylation is 1. The first kappa shape index (κ1) is 21.5. The summed E-state index contributed by atoms with van der Waals surface area (Å²) in [4.78, 5) is 12.7. The summed E-state index contributed by atoms with van der Waals surface area (Å²) in [7, 11) is -3.98. The first-order valence-corrected chi connectivity index (χ1v) is 11.0. The second-order valence-electron chi connectivity index (χ2n) is 8.16. The van der Waals surface area contributed by atoms with Gasteiger partial charge in [0.25, 0.3) is 10.0 Å². The fourth-order valence-electron chi connectivity index (χ4n) is 3.10. The summed E-state index contributed by atoms with van der Waals surface area (Å²) in [6, 6.07) is 6.48. The minimum absolute atomic E-state index is 0.0262. The predicted octanol–water partition coefficient (Wildman–Crippen LogP) is 5.06. The maximum atomic E-state index is 13.0. The number of ether oxygens (including phenoxy) is 1. The third-order valence-corrected chi connectivity index (χ3v) is 6.28. The Bertz CT molecular complexity index is 754. The molecule has 0 N–H and O–H groups in total. The van der Waals surface area contributed by atoms with Crippen molar-refractivity contribution in [1.82, 2.24) is 4.31 Å². The minimum atomic E-state index is -3.98. The van der Waals surface area contributed by atoms with E-state index in [0.29, 0.717) is 5.92 Å². The number of hydrogen-bond donors (Lipinski definition) is 0. The number of amides is 1. The topological polar surface area (TPSA) is 63.7 Å². The van der Waals surface area contributed by atoms with Crippen molar-refractivity contribution in [3.63, 3.8) is 0 Å². The van der Waals surface area contributed by atoms with Crippen molar-refractivity contribution in [3.8, 4) is 0 Å². The summed E-state index contributed by atoms with van der Waals surface area (Å²) in [6.07, 6.45) is 8.87.